The fourth-order valence-corrected chi connectivity index (χ4v) is 3.68. The minimum absolute atomic E-state index is 0.219. The summed E-state index contributed by atoms with van der Waals surface area (Å²) in [4.78, 5) is 0. The van der Waals surface area contributed by atoms with Gasteiger partial charge in [-0.25, -0.2) is 13.1 Å². The summed E-state index contributed by atoms with van der Waals surface area (Å²) in [5.41, 5.74) is 0. The van der Waals surface area contributed by atoms with Gasteiger partial charge >= 0.3 is 0 Å². The van der Waals surface area contributed by atoms with Gasteiger partial charge in [-0.1, -0.05) is 6.92 Å². The molecule has 0 spiro atoms. The molecule has 2 rings (SSSR count). The van der Waals surface area contributed by atoms with Crippen LogP contribution >= 0.6 is 0 Å². The van der Waals surface area contributed by atoms with Crippen molar-refractivity contribution in [2.75, 3.05) is 25.4 Å². The highest BCUT2D eigenvalue weighted by atomic mass is 32.2. The van der Waals surface area contributed by atoms with E-state index in [1.54, 1.807) is 0 Å². The molecular weight excluding hydrogens is 264 g/mol. The van der Waals surface area contributed by atoms with Crippen LogP contribution in [0.1, 0.15) is 39.0 Å². The summed E-state index contributed by atoms with van der Waals surface area (Å²) < 4.78 is 32.0. The first kappa shape index (κ1) is 15.2. The molecule has 0 amide bonds. The average Bonchev–Trinajstić information content (AvgIpc) is 3.09. The Hall–Kier alpha value is -0.170. The monoisotopic (exact) mass is 290 g/mol. The summed E-state index contributed by atoms with van der Waals surface area (Å²) in [5, 5.41) is 3.33. The minimum atomic E-state index is -3.12. The zero-order valence-electron chi connectivity index (χ0n) is 11.7. The topological polar surface area (TPSA) is 67.4 Å². The van der Waals surface area contributed by atoms with Crippen molar-refractivity contribution in [2.45, 2.75) is 51.2 Å². The van der Waals surface area contributed by atoms with Crippen molar-refractivity contribution in [1.29, 1.82) is 0 Å². The van der Waals surface area contributed by atoms with Crippen molar-refractivity contribution >= 4 is 10.0 Å². The standard InChI is InChI=1S/C13H26N2O3S/c1-2-13-11(6-8-18-13)10-15-19(16,17)9-3-7-14-12-4-5-12/h11-15H,2-10H2,1H3. The van der Waals surface area contributed by atoms with Gasteiger partial charge in [0.25, 0.3) is 0 Å². The smallest absolute Gasteiger partial charge is 0.211 e. The van der Waals surface area contributed by atoms with Crippen LogP contribution in [0.15, 0.2) is 0 Å². The maximum absolute atomic E-state index is 11.9. The van der Waals surface area contributed by atoms with E-state index < -0.39 is 10.0 Å². The highest BCUT2D eigenvalue weighted by Crippen LogP contribution is 2.22. The third-order valence-electron chi connectivity index (χ3n) is 3.91. The van der Waals surface area contributed by atoms with E-state index in [-0.39, 0.29) is 11.9 Å². The van der Waals surface area contributed by atoms with Crippen LogP contribution in [-0.2, 0) is 14.8 Å². The number of rotatable bonds is 9. The Balaban J connectivity index is 1.62. The molecule has 2 unspecified atom stereocenters. The molecule has 6 heteroatoms. The van der Waals surface area contributed by atoms with Crippen molar-refractivity contribution in [3.8, 4) is 0 Å². The number of sulfonamides is 1. The van der Waals surface area contributed by atoms with Crippen LogP contribution in [0.4, 0.5) is 0 Å². The van der Waals surface area contributed by atoms with Gasteiger partial charge in [0, 0.05) is 25.1 Å². The lowest BCUT2D eigenvalue weighted by molar-refractivity contribution is 0.0884. The molecular formula is C13H26N2O3S. The first-order valence-electron chi connectivity index (χ1n) is 7.43. The van der Waals surface area contributed by atoms with Gasteiger partial charge in [0.05, 0.1) is 11.9 Å². The molecule has 1 aliphatic heterocycles. The van der Waals surface area contributed by atoms with Gasteiger partial charge in [0.2, 0.25) is 10.0 Å². The molecule has 0 aromatic carbocycles. The molecule has 5 nitrogen and oxygen atoms in total. The van der Waals surface area contributed by atoms with E-state index in [0.29, 0.717) is 24.9 Å². The van der Waals surface area contributed by atoms with E-state index in [1.807, 2.05) is 0 Å². The molecule has 1 saturated heterocycles. The minimum Gasteiger partial charge on any atom is -0.378 e. The second kappa shape index (κ2) is 7.02. The second-order valence-electron chi connectivity index (χ2n) is 5.62. The molecule has 2 fully saturated rings. The third-order valence-corrected chi connectivity index (χ3v) is 5.35. The molecule has 19 heavy (non-hydrogen) atoms. The quantitative estimate of drug-likeness (QED) is 0.618. The highest BCUT2D eigenvalue weighted by Gasteiger charge is 2.27. The Kier molecular flexibility index (Phi) is 5.62. The zero-order valence-corrected chi connectivity index (χ0v) is 12.5. The fourth-order valence-electron chi connectivity index (χ4n) is 2.54. The van der Waals surface area contributed by atoms with Crippen molar-refractivity contribution in [2.24, 2.45) is 5.92 Å². The van der Waals surface area contributed by atoms with Gasteiger partial charge in [0.1, 0.15) is 0 Å². The van der Waals surface area contributed by atoms with Crippen molar-refractivity contribution in [3.05, 3.63) is 0 Å². The maximum atomic E-state index is 11.9. The Bertz CT molecular complexity index is 368. The van der Waals surface area contributed by atoms with E-state index in [4.69, 9.17) is 4.74 Å². The SMILES string of the molecule is CCC1OCCC1CNS(=O)(=O)CCCNC1CC1. The first-order valence-corrected chi connectivity index (χ1v) is 9.08. The zero-order chi connectivity index (χ0) is 13.7. The van der Waals surface area contributed by atoms with E-state index in [1.165, 1.54) is 12.8 Å². The lowest BCUT2D eigenvalue weighted by Crippen LogP contribution is -2.35. The lowest BCUT2D eigenvalue weighted by Gasteiger charge is -2.17. The van der Waals surface area contributed by atoms with Crippen molar-refractivity contribution in [1.82, 2.24) is 10.0 Å². The maximum Gasteiger partial charge on any atom is 0.211 e. The summed E-state index contributed by atoms with van der Waals surface area (Å²) in [6.07, 6.45) is 5.31. The number of hydrogen-bond acceptors (Lipinski definition) is 4. The van der Waals surface area contributed by atoms with Gasteiger partial charge in [-0.2, -0.15) is 0 Å². The number of nitrogens with one attached hydrogen (secondary N) is 2. The Morgan fingerprint density at radius 2 is 2.05 bits per heavy atom. The summed E-state index contributed by atoms with van der Waals surface area (Å²) in [5.74, 6) is 0.557. The lowest BCUT2D eigenvalue weighted by atomic mass is 10.0. The van der Waals surface area contributed by atoms with Crippen molar-refractivity contribution < 1.29 is 13.2 Å². The van der Waals surface area contributed by atoms with Crippen LogP contribution in [0.2, 0.25) is 0 Å². The number of ether oxygens (including phenoxy) is 1. The molecule has 112 valence electrons. The largest absolute Gasteiger partial charge is 0.378 e. The van der Waals surface area contributed by atoms with E-state index >= 15 is 0 Å². The molecule has 0 aromatic heterocycles. The Morgan fingerprint density at radius 3 is 2.74 bits per heavy atom. The first-order chi connectivity index (χ1) is 9.11. The molecule has 2 atom stereocenters. The Morgan fingerprint density at radius 1 is 1.26 bits per heavy atom. The molecule has 2 aliphatic rings. The molecule has 1 aliphatic carbocycles. The average molecular weight is 290 g/mol. The summed E-state index contributed by atoms with van der Waals surface area (Å²) in [7, 11) is -3.12. The van der Waals surface area contributed by atoms with Crippen LogP contribution in [-0.4, -0.2) is 46.0 Å². The second-order valence-corrected chi connectivity index (χ2v) is 7.54. The normalized spacial score (nSPS) is 27.8. The molecule has 0 radical (unpaired) electrons. The molecule has 1 saturated carbocycles. The van der Waals surface area contributed by atoms with Crippen LogP contribution < -0.4 is 10.0 Å². The van der Waals surface area contributed by atoms with Crippen molar-refractivity contribution in [3.63, 3.8) is 0 Å². The van der Waals surface area contributed by atoms with Gasteiger partial charge in [0.15, 0.2) is 0 Å². The van der Waals surface area contributed by atoms with Gasteiger partial charge in [-0.3, -0.25) is 0 Å². The molecule has 2 N–H and O–H groups in total. The molecule has 1 heterocycles. The summed E-state index contributed by atoms with van der Waals surface area (Å²) in [6.45, 7) is 4.17. The highest BCUT2D eigenvalue weighted by molar-refractivity contribution is 7.89. The van der Waals surface area contributed by atoms with Crippen LogP contribution in [0.3, 0.4) is 0 Å². The van der Waals surface area contributed by atoms with Gasteiger partial charge in [-0.15, -0.1) is 0 Å². The van der Waals surface area contributed by atoms with Crippen LogP contribution in [0, 0.1) is 5.92 Å². The van der Waals surface area contributed by atoms with E-state index in [9.17, 15) is 8.42 Å². The predicted molar refractivity (Wildman–Crippen MR) is 75.6 cm³/mol. The van der Waals surface area contributed by atoms with E-state index in [2.05, 4.69) is 17.0 Å². The fraction of sp³-hybridized carbons (Fsp3) is 1.00. The summed E-state index contributed by atoms with van der Waals surface area (Å²) in [6, 6.07) is 0.650. The van der Waals surface area contributed by atoms with Crippen LogP contribution in [0.25, 0.3) is 0 Å². The third kappa shape index (κ3) is 5.38. The predicted octanol–water partition coefficient (Wildman–Crippen LogP) is 0.863. The Labute approximate surface area is 116 Å². The van der Waals surface area contributed by atoms with Gasteiger partial charge < -0.3 is 10.1 Å². The summed E-state index contributed by atoms with van der Waals surface area (Å²) >= 11 is 0. The number of hydrogen-bond donors (Lipinski definition) is 2. The molecule has 0 bridgehead atoms. The van der Waals surface area contributed by atoms with E-state index in [0.717, 1.165) is 26.0 Å². The van der Waals surface area contributed by atoms with Gasteiger partial charge in [-0.05, 0) is 38.6 Å². The van der Waals surface area contributed by atoms with Crippen LogP contribution in [0.5, 0.6) is 0 Å². The molecule has 0 aromatic rings.